The first-order valence-electron chi connectivity index (χ1n) is 8.20. The highest BCUT2D eigenvalue weighted by Gasteiger charge is 2.22. The molecule has 0 unspecified atom stereocenters. The Kier molecular flexibility index (Phi) is 5.06. The molecule has 0 spiro atoms. The van der Waals surface area contributed by atoms with Gasteiger partial charge >= 0.3 is 5.97 Å². The topological polar surface area (TPSA) is 129 Å². The second-order valence-corrected chi connectivity index (χ2v) is 7.53. The van der Waals surface area contributed by atoms with E-state index in [1.807, 2.05) is 0 Å². The number of ether oxygens (including phenoxy) is 1. The summed E-state index contributed by atoms with van der Waals surface area (Å²) in [6, 6.07) is 9.19. The zero-order valence-corrected chi connectivity index (χ0v) is 15.8. The van der Waals surface area contributed by atoms with Crippen molar-refractivity contribution in [1.29, 1.82) is 0 Å². The molecule has 0 atom stereocenters. The number of hydrogen-bond acceptors (Lipinski definition) is 7. The van der Waals surface area contributed by atoms with E-state index in [-0.39, 0.29) is 28.6 Å². The summed E-state index contributed by atoms with van der Waals surface area (Å²) in [5.74, 6) is -0.598. The van der Waals surface area contributed by atoms with E-state index in [0.29, 0.717) is 16.5 Å². The lowest BCUT2D eigenvalue weighted by Gasteiger charge is -2.08. The number of sulfonamides is 1. The Morgan fingerprint density at radius 3 is 2.50 bits per heavy atom. The lowest BCUT2D eigenvalue weighted by atomic mass is 10.1. The Bertz CT molecular complexity index is 1160. The number of nitro benzene ring substituents is 1. The van der Waals surface area contributed by atoms with Gasteiger partial charge in [0.25, 0.3) is 15.7 Å². The molecule has 0 amide bonds. The monoisotopic (exact) mass is 404 g/mol. The third-order valence-corrected chi connectivity index (χ3v) is 5.39. The largest absolute Gasteiger partial charge is 0.460 e. The molecule has 1 heterocycles. The second kappa shape index (κ2) is 7.31. The first-order chi connectivity index (χ1) is 13.2. The van der Waals surface area contributed by atoms with Crippen molar-refractivity contribution in [3.05, 3.63) is 63.9 Å². The van der Waals surface area contributed by atoms with Crippen molar-refractivity contribution in [2.75, 3.05) is 11.3 Å². The minimum absolute atomic E-state index is 0.0229. The van der Waals surface area contributed by atoms with Gasteiger partial charge in [-0.25, -0.2) is 13.2 Å². The van der Waals surface area contributed by atoms with E-state index in [1.165, 1.54) is 42.5 Å². The molecule has 10 heteroatoms. The highest BCUT2D eigenvalue weighted by atomic mass is 32.2. The SMILES string of the molecule is CCOC(=O)c1oc2ccc(S(=O)(=O)Nc3ccc([N+](=O)[O-])cc3)cc2c1C. The zero-order valence-electron chi connectivity index (χ0n) is 15.0. The van der Waals surface area contributed by atoms with E-state index < -0.39 is 20.9 Å². The molecule has 3 aromatic rings. The predicted molar refractivity (Wildman–Crippen MR) is 101 cm³/mol. The third-order valence-electron chi connectivity index (χ3n) is 4.01. The normalized spacial score (nSPS) is 11.4. The van der Waals surface area contributed by atoms with Crippen molar-refractivity contribution in [3.8, 4) is 0 Å². The lowest BCUT2D eigenvalue weighted by molar-refractivity contribution is -0.384. The number of carbonyl (C=O) groups excluding carboxylic acids is 1. The van der Waals surface area contributed by atoms with Gasteiger partial charge in [0.15, 0.2) is 0 Å². The van der Waals surface area contributed by atoms with Crippen LogP contribution >= 0.6 is 0 Å². The molecule has 0 aliphatic carbocycles. The van der Waals surface area contributed by atoms with Gasteiger partial charge in [0, 0.05) is 28.8 Å². The summed E-state index contributed by atoms with van der Waals surface area (Å²) in [5.41, 5.74) is 0.863. The minimum atomic E-state index is -3.95. The van der Waals surface area contributed by atoms with Crippen molar-refractivity contribution < 1.29 is 27.3 Å². The third kappa shape index (κ3) is 3.67. The van der Waals surface area contributed by atoms with Gasteiger partial charge < -0.3 is 9.15 Å². The number of furan rings is 1. The Hall–Kier alpha value is -3.40. The Morgan fingerprint density at radius 2 is 1.89 bits per heavy atom. The van der Waals surface area contributed by atoms with Crippen LogP contribution in [0.15, 0.2) is 51.8 Å². The van der Waals surface area contributed by atoms with Gasteiger partial charge in [-0.05, 0) is 44.2 Å². The molecule has 2 aromatic carbocycles. The summed E-state index contributed by atoms with van der Waals surface area (Å²) in [6.45, 7) is 3.50. The first kappa shape index (κ1) is 19.4. The maximum Gasteiger partial charge on any atom is 0.374 e. The van der Waals surface area contributed by atoms with Crippen molar-refractivity contribution >= 4 is 38.3 Å². The summed E-state index contributed by atoms with van der Waals surface area (Å²) in [5, 5.41) is 11.2. The van der Waals surface area contributed by atoms with Crippen LogP contribution < -0.4 is 4.72 Å². The fraction of sp³-hybridized carbons (Fsp3) is 0.167. The highest BCUT2D eigenvalue weighted by molar-refractivity contribution is 7.92. The number of nitro groups is 1. The van der Waals surface area contributed by atoms with Crippen molar-refractivity contribution in [2.45, 2.75) is 18.7 Å². The van der Waals surface area contributed by atoms with Crippen LogP contribution in [0, 0.1) is 17.0 Å². The summed E-state index contributed by atoms with van der Waals surface area (Å²) in [6.07, 6.45) is 0. The number of anilines is 1. The van der Waals surface area contributed by atoms with Crippen LogP contribution in [0.1, 0.15) is 23.0 Å². The molecule has 1 N–H and O–H groups in total. The number of nitrogens with one attached hydrogen (secondary N) is 1. The van der Waals surface area contributed by atoms with E-state index in [0.717, 1.165) is 0 Å². The molecule has 0 saturated carbocycles. The van der Waals surface area contributed by atoms with Gasteiger partial charge in [-0.15, -0.1) is 0 Å². The Morgan fingerprint density at radius 1 is 1.21 bits per heavy atom. The van der Waals surface area contributed by atoms with E-state index in [2.05, 4.69) is 4.72 Å². The summed E-state index contributed by atoms with van der Waals surface area (Å²) < 4.78 is 38.1. The molecule has 0 bridgehead atoms. The molecule has 28 heavy (non-hydrogen) atoms. The standard InChI is InChI=1S/C18H16N2O7S/c1-3-26-18(21)17-11(2)15-10-14(8-9-16(15)27-17)28(24,25)19-12-4-6-13(7-5-12)20(22)23/h4-10,19H,3H2,1-2H3. The van der Waals surface area contributed by atoms with Gasteiger partial charge in [0.2, 0.25) is 5.76 Å². The number of esters is 1. The molecular formula is C18H16N2O7S. The fourth-order valence-corrected chi connectivity index (χ4v) is 3.71. The van der Waals surface area contributed by atoms with Gasteiger partial charge in [-0.1, -0.05) is 0 Å². The van der Waals surface area contributed by atoms with Gasteiger partial charge in [-0.3, -0.25) is 14.8 Å². The van der Waals surface area contributed by atoms with Crippen LogP contribution in [-0.2, 0) is 14.8 Å². The number of fused-ring (bicyclic) bond motifs is 1. The number of benzene rings is 2. The van der Waals surface area contributed by atoms with E-state index in [9.17, 15) is 23.3 Å². The van der Waals surface area contributed by atoms with Crippen LogP contribution in [0.3, 0.4) is 0 Å². The van der Waals surface area contributed by atoms with Crippen molar-refractivity contribution in [2.24, 2.45) is 0 Å². The number of hydrogen-bond donors (Lipinski definition) is 1. The molecule has 146 valence electrons. The van der Waals surface area contributed by atoms with Crippen LogP contribution in [-0.4, -0.2) is 25.9 Å². The van der Waals surface area contributed by atoms with Gasteiger partial charge in [0.05, 0.1) is 16.4 Å². The number of non-ortho nitro benzene ring substituents is 1. The van der Waals surface area contributed by atoms with Crippen LogP contribution in [0.25, 0.3) is 11.0 Å². The molecule has 0 radical (unpaired) electrons. The number of aryl methyl sites for hydroxylation is 1. The lowest BCUT2D eigenvalue weighted by Crippen LogP contribution is -2.12. The van der Waals surface area contributed by atoms with Crippen LogP contribution in [0.4, 0.5) is 11.4 Å². The summed E-state index contributed by atoms with van der Waals surface area (Å²) >= 11 is 0. The number of carbonyl (C=O) groups is 1. The average molecular weight is 404 g/mol. The van der Waals surface area contributed by atoms with Crippen molar-refractivity contribution in [3.63, 3.8) is 0 Å². The number of rotatable bonds is 6. The first-order valence-corrected chi connectivity index (χ1v) is 9.69. The molecule has 0 aliphatic heterocycles. The van der Waals surface area contributed by atoms with Gasteiger partial charge in [-0.2, -0.15) is 0 Å². The number of nitrogens with zero attached hydrogens (tertiary/aromatic N) is 1. The maximum atomic E-state index is 12.7. The molecule has 3 rings (SSSR count). The highest BCUT2D eigenvalue weighted by Crippen LogP contribution is 2.29. The summed E-state index contributed by atoms with van der Waals surface area (Å²) in [7, 11) is -3.95. The maximum absolute atomic E-state index is 12.7. The molecule has 1 aromatic heterocycles. The van der Waals surface area contributed by atoms with E-state index in [1.54, 1.807) is 13.8 Å². The minimum Gasteiger partial charge on any atom is -0.460 e. The smallest absolute Gasteiger partial charge is 0.374 e. The van der Waals surface area contributed by atoms with Crippen molar-refractivity contribution in [1.82, 2.24) is 0 Å². The second-order valence-electron chi connectivity index (χ2n) is 5.84. The molecule has 9 nitrogen and oxygen atoms in total. The molecule has 0 saturated heterocycles. The predicted octanol–water partition coefficient (Wildman–Crippen LogP) is 3.63. The molecule has 0 fully saturated rings. The average Bonchev–Trinajstić information content (AvgIpc) is 2.98. The fourth-order valence-electron chi connectivity index (χ4n) is 2.62. The summed E-state index contributed by atoms with van der Waals surface area (Å²) in [4.78, 5) is 22.0. The van der Waals surface area contributed by atoms with Crippen LogP contribution in [0.5, 0.6) is 0 Å². The van der Waals surface area contributed by atoms with Crippen LogP contribution in [0.2, 0.25) is 0 Å². The molecular weight excluding hydrogens is 388 g/mol. The Balaban J connectivity index is 1.94. The van der Waals surface area contributed by atoms with E-state index >= 15 is 0 Å². The van der Waals surface area contributed by atoms with E-state index in [4.69, 9.17) is 9.15 Å². The molecule has 0 aliphatic rings. The zero-order chi connectivity index (χ0) is 20.5. The van der Waals surface area contributed by atoms with Gasteiger partial charge in [0.1, 0.15) is 5.58 Å². The Labute approximate surface area is 160 Å². The quantitative estimate of drug-likeness (QED) is 0.377.